The Kier molecular flexibility index (Phi) is 0.434. The van der Waals surface area contributed by atoms with Crippen molar-refractivity contribution >= 4 is 0 Å². The highest BCUT2D eigenvalue weighted by atomic mass is 16.5. The lowest BCUT2D eigenvalue weighted by atomic mass is 10.1. The largest absolute Gasteiger partial charge is 0.485 e. The normalized spacial score (nSPS) is 33.8. The molecule has 0 aromatic heterocycles. The van der Waals surface area contributed by atoms with E-state index in [1.54, 1.807) is 0 Å². The summed E-state index contributed by atoms with van der Waals surface area (Å²) in [6.07, 6.45) is 8.02. The lowest BCUT2D eigenvalue weighted by Gasteiger charge is -2.13. The molecule has 0 saturated heterocycles. The summed E-state index contributed by atoms with van der Waals surface area (Å²) in [6.45, 7) is 0. The number of hydrogen-bond donors (Lipinski definition) is 0. The first-order chi connectivity index (χ1) is 4.42. The summed E-state index contributed by atoms with van der Waals surface area (Å²) in [7, 11) is 0. The fraction of sp³-hybridized carbons (Fsp3) is 0.250. The quantitative estimate of drug-likeness (QED) is 0.468. The Morgan fingerprint density at radius 2 is 2.44 bits per heavy atom. The first-order valence-corrected chi connectivity index (χ1v) is 3.23. The van der Waals surface area contributed by atoms with Crippen LogP contribution in [0.5, 0.6) is 0 Å². The van der Waals surface area contributed by atoms with Gasteiger partial charge in [0.1, 0.15) is 11.9 Å². The molecule has 0 fully saturated rings. The number of rotatable bonds is 0. The maximum absolute atomic E-state index is 5.47. The van der Waals surface area contributed by atoms with Gasteiger partial charge in [-0.3, -0.25) is 0 Å². The van der Waals surface area contributed by atoms with Gasteiger partial charge in [0.2, 0.25) is 0 Å². The standard InChI is InChI=1S/C8H6O/c1-5-2-7-4-6(1)8(3-5)9-7/h1,3-4,7H,2H2. The predicted octanol–water partition coefficient (Wildman–Crippen LogP) is 1.54. The smallest absolute Gasteiger partial charge is 0.127 e. The highest BCUT2D eigenvalue weighted by Crippen LogP contribution is 2.40. The van der Waals surface area contributed by atoms with Crippen LogP contribution in [-0.2, 0) is 4.74 Å². The van der Waals surface area contributed by atoms with Crippen LogP contribution in [0.15, 0.2) is 35.1 Å². The minimum absolute atomic E-state index is 0.389. The first kappa shape index (κ1) is 3.94. The molecule has 2 heterocycles. The van der Waals surface area contributed by atoms with Crippen LogP contribution in [-0.4, -0.2) is 6.10 Å². The molecule has 0 saturated carbocycles. The van der Waals surface area contributed by atoms with E-state index in [4.69, 9.17) is 4.74 Å². The third-order valence-corrected chi connectivity index (χ3v) is 2.02. The Balaban J connectivity index is 2.36. The molecular formula is C8H6O. The number of allylic oxidation sites excluding steroid dienone is 2. The molecular weight excluding hydrogens is 112 g/mol. The maximum atomic E-state index is 5.47. The monoisotopic (exact) mass is 118 g/mol. The molecule has 0 spiro atoms. The van der Waals surface area contributed by atoms with Crippen molar-refractivity contribution < 1.29 is 4.74 Å². The molecule has 2 aliphatic heterocycles. The fourth-order valence-corrected chi connectivity index (χ4v) is 1.64. The zero-order chi connectivity index (χ0) is 5.84. The summed E-state index contributed by atoms with van der Waals surface area (Å²) >= 11 is 0. The van der Waals surface area contributed by atoms with Crippen LogP contribution >= 0.6 is 0 Å². The van der Waals surface area contributed by atoms with Gasteiger partial charge in [0, 0.05) is 12.0 Å². The predicted molar refractivity (Wildman–Crippen MR) is 33.7 cm³/mol. The summed E-state index contributed by atoms with van der Waals surface area (Å²) in [5, 5.41) is 0. The fourth-order valence-electron chi connectivity index (χ4n) is 1.64. The molecule has 4 bridgehead atoms. The van der Waals surface area contributed by atoms with E-state index in [1.165, 1.54) is 11.1 Å². The Hall–Kier alpha value is -0.980. The number of ether oxygens (including phenoxy) is 1. The molecule has 0 N–H and O–H groups in total. The van der Waals surface area contributed by atoms with Gasteiger partial charge in [-0.1, -0.05) is 0 Å². The van der Waals surface area contributed by atoms with Crippen LogP contribution in [0.1, 0.15) is 6.42 Å². The second-order valence-corrected chi connectivity index (χ2v) is 2.71. The van der Waals surface area contributed by atoms with E-state index in [2.05, 4.69) is 18.2 Å². The van der Waals surface area contributed by atoms with Gasteiger partial charge in [-0.2, -0.15) is 0 Å². The Morgan fingerprint density at radius 1 is 1.44 bits per heavy atom. The summed E-state index contributed by atoms with van der Waals surface area (Å²) < 4.78 is 5.47. The minimum Gasteiger partial charge on any atom is -0.485 e. The van der Waals surface area contributed by atoms with Crippen molar-refractivity contribution in [2.24, 2.45) is 0 Å². The van der Waals surface area contributed by atoms with Crippen molar-refractivity contribution in [2.45, 2.75) is 12.5 Å². The van der Waals surface area contributed by atoms with Gasteiger partial charge in [0.05, 0.1) is 0 Å². The van der Waals surface area contributed by atoms with Crippen LogP contribution in [0.3, 0.4) is 0 Å². The van der Waals surface area contributed by atoms with Crippen LogP contribution in [0.2, 0.25) is 0 Å². The minimum atomic E-state index is 0.389. The zero-order valence-electron chi connectivity index (χ0n) is 4.92. The van der Waals surface area contributed by atoms with Crippen molar-refractivity contribution in [1.82, 2.24) is 0 Å². The lowest BCUT2D eigenvalue weighted by Crippen LogP contribution is -2.07. The van der Waals surface area contributed by atoms with E-state index in [9.17, 15) is 0 Å². The molecule has 4 rings (SSSR count). The van der Waals surface area contributed by atoms with E-state index in [1.807, 2.05) is 0 Å². The van der Waals surface area contributed by atoms with E-state index in [0.29, 0.717) is 6.10 Å². The van der Waals surface area contributed by atoms with Gasteiger partial charge in [-0.25, -0.2) is 0 Å². The van der Waals surface area contributed by atoms with E-state index in [0.717, 1.165) is 12.2 Å². The van der Waals surface area contributed by atoms with Crippen LogP contribution in [0, 0.1) is 0 Å². The highest BCUT2D eigenvalue weighted by molar-refractivity contribution is 5.56. The second-order valence-electron chi connectivity index (χ2n) is 2.71. The van der Waals surface area contributed by atoms with E-state index < -0.39 is 0 Å². The molecule has 44 valence electrons. The van der Waals surface area contributed by atoms with Gasteiger partial charge in [-0.15, -0.1) is 0 Å². The summed E-state index contributed by atoms with van der Waals surface area (Å²) in [5.74, 6) is 1.10. The van der Waals surface area contributed by atoms with Gasteiger partial charge in [0.25, 0.3) is 0 Å². The first-order valence-electron chi connectivity index (χ1n) is 3.23. The zero-order valence-corrected chi connectivity index (χ0v) is 4.92. The molecule has 4 aliphatic rings. The third-order valence-electron chi connectivity index (χ3n) is 2.02. The van der Waals surface area contributed by atoms with Crippen molar-refractivity contribution in [3.05, 3.63) is 35.1 Å². The van der Waals surface area contributed by atoms with Crippen LogP contribution in [0.25, 0.3) is 0 Å². The second kappa shape index (κ2) is 0.991. The molecule has 9 heavy (non-hydrogen) atoms. The average molecular weight is 118 g/mol. The maximum Gasteiger partial charge on any atom is 0.127 e. The number of hydrogen-bond acceptors (Lipinski definition) is 1. The molecule has 1 atom stereocenters. The molecule has 1 nitrogen and oxygen atoms in total. The molecule has 0 amide bonds. The molecule has 2 aliphatic carbocycles. The van der Waals surface area contributed by atoms with E-state index >= 15 is 0 Å². The molecule has 0 aromatic rings. The van der Waals surface area contributed by atoms with Gasteiger partial charge in [-0.05, 0) is 23.8 Å². The molecule has 0 aromatic carbocycles. The van der Waals surface area contributed by atoms with Crippen molar-refractivity contribution in [3.63, 3.8) is 0 Å². The topological polar surface area (TPSA) is 9.23 Å². The van der Waals surface area contributed by atoms with Crippen LogP contribution in [0.4, 0.5) is 0 Å². The van der Waals surface area contributed by atoms with Crippen LogP contribution < -0.4 is 0 Å². The highest BCUT2D eigenvalue weighted by Gasteiger charge is 2.31. The lowest BCUT2D eigenvalue weighted by molar-refractivity contribution is 0.175. The van der Waals surface area contributed by atoms with E-state index in [-0.39, 0.29) is 0 Å². The third kappa shape index (κ3) is 0.334. The molecule has 0 radical (unpaired) electrons. The Morgan fingerprint density at radius 3 is 3.11 bits per heavy atom. The molecule has 1 heteroatoms. The Bertz CT molecular complexity index is 268. The van der Waals surface area contributed by atoms with Gasteiger partial charge < -0.3 is 4.74 Å². The molecule has 1 unspecified atom stereocenters. The van der Waals surface area contributed by atoms with Crippen molar-refractivity contribution in [2.75, 3.05) is 0 Å². The average Bonchev–Trinajstić information content (AvgIpc) is 2.20. The summed E-state index contributed by atoms with van der Waals surface area (Å²) in [4.78, 5) is 0. The van der Waals surface area contributed by atoms with Gasteiger partial charge >= 0.3 is 0 Å². The summed E-state index contributed by atoms with van der Waals surface area (Å²) in [5.41, 5.74) is 2.75. The summed E-state index contributed by atoms with van der Waals surface area (Å²) in [6, 6.07) is 0. The Labute approximate surface area is 53.3 Å². The van der Waals surface area contributed by atoms with Crippen molar-refractivity contribution in [1.29, 1.82) is 0 Å². The SMILES string of the molecule is C1=C2C=C3OC(C=C13)C2. The van der Waals surface area contributed by atoms with Gasteiger partial charge in [0.15, 0.2) is 0 Å². The van der Waals surface area contributed by atoms with Crippen molar-refractivity contribution in [3.8, 4) is 0 Å².